The van der Waals surface area contributed by atoms with Crippen LogP contribution in [0.2, 0.25) is 0 Å². The average Bonchev–Trinajstić information content (AvgIpc) is 2.54. The zero-order valence-corrected chi connectivity index (χ0v) is 11.4. The second-order valence-corrected chi connectivity index (χ2v) is 5.44. The van der Waals surface area contributed by atoms with Crippen LogP contribution >= 0.6 is 39.0 Å². The number of carbonyl (C=O) groups is 2. The molecule has 0 unspecified atom stereocenters. The molecule has 3 nitrogen and oxygen atoms in total. The first-order valence-electron chi connectivity index (χ1n) is 4.02. The standard InChI is InChI=1S/C9H9BrO3S2/c1-4-6(5(11)3-10)9(14-2)15-7(4)8(12)13/h3H2,1-2H3,(H,12,13). The fraction of sp³-hybridized carbons (Fsp3) is 0.333. The number of ketones is 1. The number of Topliss-reactive ketones (excluding diaryl/α,β-unsaturated/α-hetero) is 1. The molecule has 1 aromatic rings. The molecule has 0 bridgehead atoms. The summed E-state index contributed by atoms with van der Waals surface area (Å²) in [6.07, 6.45) is 1.84. The van der Waals surface area contributed by atoms with E-state index in [9.17, 15) is 9.59 Å². The minimum atomic E-state index is -0.971. The maximum atomic E-state index is 11.6. The number of thiophene rings is 1. The van der Waals surface area contributed by atoms with Crippen molar-refractivity contribution in [2.24, 2.45) is 0 Å². The molecule has 0 saturated heterocycles. The van der Waals surface area contributed by atoms with Crippen LogP contribution < -0.4 is 0 Å². The van der Waals surface area contributed by atoms with E-state index in [2.05, 4.69) is 15.9 Å². The Kier molecular flexibility index (Phi) is 4.36. The van der Waals surface area contributed by atoms with Gasteiger partial charge in [-0.1, -0.05) is 15.9 Å². The maximum absolute atomic E-state index is 11.6. The molecule has 0 amide bonds. The number of halogens is 1. The summed E-state index contributed by atoms with van der Waals surface area (Å²) >= 11 is 5.66. The first-order valence-corrected chi connectivity index (χ1v) is 7.19. The molecule has 0 aliphatic carbocycles. The van der Waals surface area contributed by atoms with Gasteiger partial charge in [0.25, 0.3) is 0 Å². The third kappa shape index (κ3) is 2.43. The number of thioether (sulfide) groups is 1. The monoisotopic (exact) mass is 308 g/mol. The summed E-state index contributed by atoms with van der Waals surface area (Å²) < 4.78 is 0.773. The molecule has 82 valence electrons. The molecule has 0 radical (unpaired) electrons. The highest BCUT2D eigenvalue weighted by Crippen LogP contribution is 2.35. The molecule has 15 heavy (non-hydrogen) atoms. The number of hydrogen-bond donors (Lipinski definition) is 1. The Hall–Kier alpha value is -0.330. The second-order valence-electron chi connectivity index (χ2n) is 2.78. The number of rotatable bonds is 4. The van der Waals surface area contributed by atoms with Gasteiger partial charge < -0.3 is 5.11 Å². The van der Waals surface area contributed by atoms with Crippen molar-refractivity contribution in [3.63, 3.8) is 0 Å². The number of carboxylic acids is 1. The molecule has 0 spiro atoms. The topological polar surface area (TPSA) is 54.4 Å². The minimum absolute atomic E-state index is 0.0689. The Labute approximate surface area is 104 Å². The quantitative estimate of drug-likeness (QED) is 0.527. The number of hydrogen-bond acceptors (Lipinski definition) is 4. The minimum Gasteiger partial charge on any atom is -0.477 e. The lowest BCUT2D eigenvalue weighted by atomic mass is 10.1. The summed E-state index contributed by atoms with van der Waals surface area (Å²) in [6, 6.07) is 0. The lowest BCUT2D eigenvalue weighted by Crippen LogP contribution is -2.03. The van der Waals surface area contributed by atoms with Crippen molar-refractivity contribution in [1.82, 2.24) is 0 Å². The largest absolute Gasteiger partial charge is 0.477 e. The van der Waals surface area contributed by atoms with Gasteiger partial charge in [0, 0.05) is 5.56 Å². The molecule has 0 fully saturated rings. The van der Waals surface area contributed by atoms with Crippen LogP contribution in [0.25, 0.3) is 0 Å². The summed E-state index contributed by atoms with van der Waals surface area (Å²) in [6.45, 7) is 1.68. The normalized spacial score (nSPS) is 10.3. The predicted octanol–water partition coefficient (Wildman–Crippen LogP) is 3.05. The zero-order chi connectivity index (χ0) is 11.6. The molecule has 1 aromatic heterocycles. The van der Waals surface area contributed by atoms with Gasteiger partial charge in [0.15, 0.2) is 5.78 Å². The number of carboxylic acid groups (broad SMARTS) is 1. The van der Waals surface area contributed by atoms with E-state index in [-0.39, 0.29) is 16.0 Å². The smallest absolute Gasteiger partial charge is 0.346 e. The summed E-state index contributed by atoms with van der Waals surface area (Å²) in [5.41, 5.74) is 1.11. The van der Waals surface area contributed by atoms with Crippen LogP contribution in [-0.4, -0.2) is 28.4 Å². The van der Waals surface area contributed by atoms with Crippen LogP contribution in [0.4, 0.5) is 0 Å². The lowest BCUT2D eigenvalue weighted by molar-refractivity contribution is 0.0701. The fourth-order valence-corrected chi connectivity index (χ4v) is 3.46. The maximum Gasteiger partial charge on any atom is 0.346 e. The van der Waals surface area contributed by atoms with Crippen LogP contribution in [-0.2, 0) is 0 Å². The van der Waals surface area contributed by atoms with E-state index in [4.69, 9.17) is 5.11 Å². The second kappa shape index (κ2) is 5.14. The summed E-state index contributed by atoms with van der Waals surface area (Å²) in [5.74, 6) is -1.04. The van der Waals surface area contributed by atoms with E-state index in [0.29, 0.717) is 11.1 Å². The van der Waals surface area contributed by atoms with Crippen LogP contribution in [0.1, 0.15) is 25.6 Å². The van der Waals surface area contributed by atoms with Gasteiger partial charge >= 0.3 is 5.97 Å². The molecule has 0 atom stereocenters. The summed E-state index contributed by atoms with van der Waals surface area (Å²) in [5, 5.41) is 9.15. The Morgan fingerprint density at radius 3 is 2.53 bits per heavy atom. The van der Waals surface area contributed by atoms with E-state index in [1.165, 1.54) is 11.8 Å². The molecular weight excluding hydrogens is 300 g/mol. The van der Waals surface area contributed by atoms with Crippen LogP contribution in [0.3, 0.4) is 0 Å². The van der Waals surface area contributed by atoms with Crippen LogP contribution in [0.15, 0.2) is 4.21 Å². The van der Waals surface area contributed by atoms with Gasteiger partial charge in [-0.3, -0.25) is 4.79 Å². The van der Waals surface area contributed by atoms with Gasteiger partial charge in [-0.05, 0) is 18.7 Å². The molecule has 1 N–H and O–H groups in total. The molecule has 0 aromatic carbocycles. The number of aromatic carboxylic acids is 1. The van der Waals surface area contributed by atoms with Crippen molar-refractivity contribution in [3.05, 3.63) is 16.0 Å². The first-order chi connectivity index (χ1) is 7.02. The number of carbonyl (C=O) groups excluding carboxylic acids is 1. The average molecular weight is 309 g/mol. The van der Waals surface area contributed by atoms with Gasteiger partial charge in [-0.25, -0.2) is 4.79 Å². The van der Waals surface area contributed by atoms with E-state index >= 15 is 0 Å². The molecular formula is C9H9BrO3S2. The van der Waals surface area contributed by atoms with Gasteiger partial charge in [-0.15, -0.1) is 23.1 Å². The van der Waals surface area contributed by atoms with Crippen molar-refractivity contribution >= 4 is 50.8 Å². The van der Waals surface area contributed by atoms with Crippen LogP contribution in [0, 0.1) is 6.92 Å². The Morgan fingerprint density at radius 2 is 2.13 bits per heavy atom. The third-order valence-corrected chi connectivity index (χ3v) is 4.80. The van der Waals surface area contributed by atoms with Crippen LogP contribution in [0.5, 0.6) is 0 Å². The van der Waals surface area contributed by atoms with Gasteiger partial charge in [-0.2, -0.15) is 0 Å². The molecule has 1 rings (SSSR count). The van der Waals surface area contributed by atoms with Gasteiger partial charge in [0.05, 0.1) is 9.54 Å². The molecule has 1 heterocycles. The van der Waals surface area contributed by atoms with Crippen molar-refractivity contribution in [2.45, 2.75) is 11.1 Å². The van der Waals surface area contributed by atoms with Gasteiger partial charge in [0.2, 0.25) is 0 Å². The Balaban J connectivity index is 3.36. The molecule has 0 saturated carbocycles. The summed E-state index contributed by atoms with van der Waals surface area (Å²) in [4.78, 5) is 22.7. The lowest BCUT2D eigenvalue weighted by Gasteiger charge is -1.98. The fourth-order valence-electron chi connectivity index (χ4n) is 1.22. The molecule has 6 heteroatoms. The highest BCUT2D eigenvalue weighted by atomic mass is 79.9. The van der Waals surface area contributed by atoms with Gasteiger partial charge in [0.1, 0.15) is 4.88 Å². The van der Waals surface area contributed by atoms with E-state index in [1.807, 2.05) is 6.26 Å². The first kappa shape index (κ1) is 12.7. The Bertz CT molecular complexity index is 412. The van der Waals surface area contributed by atoms with Crippen molar-refractivity contribution in [3.8, 4) is 0 Å². The Morgan fingerprint density at radius 1 is 1.53 bits per heavy atom. The number of alkyl halides is 1. The SMILES string of the molecule is CSc1sc(C(=O)O)c(C)c1C(=O)CBr. The third-order valence-electron chi connectivity index (χ3n) is 1.89. The predicted molar refractivity (Wildman–Crippen MR) is 65.9 cm³/mol. The molecule has 0 aliphatic heterocycles. The van der Waals surface area contributed by atoms with E-state index < -0.39 is 5.97 Å². The zero-order valence-electron chi connectivity index (χ0n) is 8.17. The highest BCUT2D eigenvalue weighted by Gasteiger charge is 2.22. The van der Waals surface area contributed by atoms with E-state index in [0.717, 1.165) is 15.5 Å². The van der Waals surface area contributed by atoms with E-state index in [1.54, 1.807) is 6.92 Å². The summed E-state index contributed by atoms with van der Waals surface area (Å²) in [7, 11) is 0. The highest BCUT2D eigenvalue weighted by molar-refractivity contribution is 9.09. The van der Waals surface area contributed by atoms with Crippen molar-refractivity contribution in [2.75, 3.05) is 11.6 Å². The molecule has 0 aliphatic rings. The van der Waals surface area contributed by atoms with Crippen molar-refractivity contribution < 1.29 is 14.7 Å². The van der Waals surface area contributed by atoms with Crippen molar-refractivity contribution in [1.29, 1.82) is 0 Å².